The highest BCUT2D eigenvalue weighted by Crippen LogP contribution is 2.73. The molecule has 5 atom stereocenters. The van der Waals surface area contributed by atoms with Crippen molar-refractivity contribution in [2.75, 3.05) is 6.61 Å². The predicted octanol–water partition coefficient (Wildman–Crippen LogP) is 0.0801. The van der Waals surface area contributed by atoms with E-state index in [0.29, 0.717) is 15.2 Å². The van der Waals surface area contributed by atoms with E-state index in [9.17, 15) is 51.4 Å². The SMILES string of the molecule is O=c1ccn([C@@H]2O[C@H](COP(=O)(O)C(F)(F)P(=O)(O)O)[C@H](O)[C@@H]2O)c(=O)n1CCc1ccc(F)cc1F. The third kappa shape index (κ3) is 5.79. The van der Waals surface area contributed by atoms with Crippen LogP contribution in [0.2, 0.25) is 0 Å². The number of aliphatic hydroxyl groups excluding tert-OH is 2. The molecule has 1 aliphatic heterocycles. The molecular formula is C18H20F4N2O11P2. The Morgan fingerprint density at radius 1 is 1.05 bits per heavy atom. The summed E-state index contributed by atoms with van der Waals surface area (Å²) in [5.41, 5.74) is -1.99. The van der Waals surface area contributed by atoms with Crippen LogP contribution < -0.4 is 11.2 Å². The van der Waals surface area contributed by atoms with Crippen LogP contribution in [0, 0.1) is 11.6 Å². The van der Waals surface area contributed by atoms with E-state index < -0.39 is 81.2 Å². The van der Waals surface area contributed by atoms with Gasteiger partial charge in [-0.2, -0.15) is 8.78 Å². The number of benzene rings is 1. The van der Waals surface area contributed by atoms with Crippen LogP contribution in [0.5, 0.6) is 0 Å². The number of halogens is 4. The van der Waals surface area contributed by atoms with E-state index >= 15 is 0 Å². The molecule has 0 radical (unpaired) electrons. The van der Waals surface area contributed by atoms with Gasteiger partial charge in [-0.3, -0.25) is 23.1 Å². The Kier molecular flexibility index (Phi) is 8.34. The number of ether oxygens (including phenoxy) is 1. The molecule has 0 amide bonds. The maximum atomic E-state index is 13.9. The molecule has 1 saturated heterocycles. The number of aliphatic hydroxyl groups is 2. The molecular weight excluding hydrogens is 558 g/mol. The summed E-state index contributed by atoms with van der Waals surface area (Å²) >= 11 is 0. The van der Waals surface area contributed by atoms with Gasteiger partial charge in [0.1, 0.15) is 29.9 Å². The molecule has 37 heavy (non-hydrogen) atoms. The fourth-order valence-corrected chi connectivity index (χ4v) is 5.40. The molecule has 2 aromatic rings. The van der Waals surface area contributed by atoms with Crippen molar-refractivity contribution in [2.45, 2.75) is 42.9 Å². The minimum Gasteiger partial charge on any atom is -0.387 e. The first-order chi connectivity index (χ1) is 17.0. The minimum atomic E-state index is -6.43. The normalized spacial score (nSPS) is 24.2. The lowest BCUT2D eigenvalue weighted by Crippen LogP contribution is -2.43. The topological polar surface area (TPSA) is 198 Å². The largest absolute Gasteiger partial charge is 0.443 e. The molecule has 19 heteroatoms. The molecule has 3 rings (SSSR count). The second-order valence-electron chi connectivity index (χ2n) is 7.90. The van der Waals surface area contributed by atoms with Crippen molar-refractivity contribution in [2.24, 2.45) is 0 Å². The summed E-state index contributed by atoms with van der Waals surface area (Å²) in [6, 6.07) is 3.54. The van der Waals surface area contributed by atoms with Gasteiger partial charge in [-0.15, -0.1) is 0 Å². The van der Waals surface area contributed by atoms with Crippen LogP contribution in [0.25, 0.3) is 0 Å². The molecule has 0 bridgehead atoms. The molecule has 2 heterocycles. The summed E-state index contributed by atoms with van der Waals surface area (Å²) < 4.78 is 87.2. The third-order valence-electron chi connectivity index (χ3n) is 5.43. The number of aromatic nitrogens is 2. The van der Waals surface area contributed by atoms with E-state index in [1.807, 2.05) is 0 Å². The zero-order valence-electron chi connectivity index (χ0n) is 18.3. The highest BCUT2D eigenvalue weighted by Gasteiger charge is 2.65. The predicted molar refractivity (Wildman–Crippen MR) is 114 cm³/mol. The smallest absolute Gasteiger partial charge is 0.387 e. The van der Waals surface area contributed by atoms with Crippen molar-refractivity contribution >= 4 is 15.2 Å². The van der Waals surface area contributed by atoms with Crippen LogP contribution in [0.15, 0.2) is 40.1 Å². The fraction of sp³-hybridized carbons (Fsp3) is 0.444. The van der Waals surface area contributed by atoms with Crippen LogP contribution in [0.1, 0.15) is 11.8 Å². The Bertz CT molecular complexity index is 1380. The maximum Gasteiger partial charge on any atom is 0.443 e. The second kappa shape index (κ2) is 10.5. The standard InChI is InChI=1S/C18H20F4N2O11P2/c19-10-2-1-9(11(20)7-10)3-5-23-13(25)4-6-24(17(23)28)16-15(27)14(26)12(35-16)8-34-37(32,33)18(21,22)36(29,30)31/h1-2,4,6-7,12,14-16,26-27H,3,5,8H2,(H,32,33)(H2,29,30,31)/t12-,14+,15+,16-/m1/s1. The molecule has 1 fully saturated rings. The van der Waals surface area contributed by atoms with Gasteiger partial charge in [0, 0.05) is 24.9 Å². The van der Waals surface area contributed by atoms with Crippen molar-refractivity contribution < 1.29 is 60.8 Å². The van der Waals surface area contributed by atoms with Gasteiger partial charge in [0.15, 0.2) is 6.23 Å². The summed E-state index contributed by atoms with van der Waals surface area (Å²) in [4.78, 5) is 51.6. The Morgan fingerprint density at radius 3 is 2.30 bits per heavy atom. The number of alkyl halides is 2. The average Bonchev–Trinajstić information content (AvgIpc) is 3.06. The maximum absolute atomic E-state index is 13.9. The van der Waals surface area contributed by atoms with Crippen LogP contribution in [0.4, 0.5) is 17.6 Å². The Labute approximate surface area is 203 Å². The van der Waals surface area contributed by atoms with Crippen molar-refractivity contribution in [1.29, 1.82) is 0 Å². The molecule has 0 saturated carbocycles. The second-order valence-corrected chi connectivity index (χ2v) is 11.8. The zero-order chi connectivity index (χ0) is 27.9. The van der Waals surface area contributed by atoms with Crippen molar-refractivity contribution in [3.8, 4) is 0 Å². The van der Waals surface area contributed by atoms with Crippen molar-refractivity contribution in [3.05, 3.63) is 68.5 Å². The van der Waals surface area contributed by atoms with Crippen LogP contribution >= 0.6 is 15.2 Å². The molecule has 1 unspecified atom stereocenters. The van der Waals surface area contributed by atoms with Crippen molar-refractivity contribution in [3.63, 3.8) is 0 Å². The summed E-state index contributed by atoms with van der Waals surface area (Å²) in [6.07, 6.45) is -6.94. The van der Waals surface area contributed by atoms with Gasteiger partial charge >= 0.3 is 26.3 Å². The van der Waals surface area contributed by atoms with E-state index in [0.717, 1.165) is 24.4 Å². The summed E-state index contributed by atoms with van der Waals surface area (Å²) in [5.74, 6) is -1.76. The lowest BCUT2D eigenvalue weighted by molar-refractivity contribution is -0.0551. The van der Waals surface area contributed by atoms with Gasteiger partial charge in [0.05, 0.1) is 6.61 Å². The van der Waals surface area contributed by atoms with Gasteiger partial charge in [-0.25, -0.2) is 13.6 Å². The lowest BCUT2D eigenvalue weighted by atomic mass is 10.1. The van der Waals surface area contributed by atoms with Crippen LogP contribution in [-0.2, 0) is 31.4 Å². The van der Waals surface area contributed by atoms with Crippen LogP contribution in [-0.4, -0.2) is 64.4 Å². The Morgan fingerprint density at radius 2 is 1.70 bits per heavy atom. The monoisotopic (exact) mass is 578 g/mol. The average molecular weight is 578 g/mol. The first kappa shape index (κ1) is 29.4. The van der Waals surface area contributed by atoms with Crippen molar-refractivity contribution in [1.82, 2.24) is 9.13 Å². The summed E-state index contributed by atoms with van der Waals surface area (Å²) in [5, 5.41) is 14.9. The highest BCUT2D eigenvalue weighted by atomic mass is 31.2. The van der Waals surface area contributed by atoms with Gasteiger partial charge in [0.25, 0.3) is 5.56 Å². The van der Waals surface area contributed by atoms with Gasteiger partial charge < -0.3 is 34.2 Å². The van der Waals surface area contributed by atoms with E-state index in [-0.39, 0.29) is 12.0 Å². The number of nitrogens with zero attached hydrogens (tertiary/aromatic N) is 2. The zero-order valence-corrected chi connectivity index (χ0v) is 20.1. The molecule has 206 valence electrons. The van der Waals surface area contributed by atoms with E-state index in [4.69, 9.17) is 14.5 Å². The van der Waals surface area contributed by atoms with E-state index in [1.165, 1.54) is 0 Å². The Balaban J connectivity index is 1.79. The van der Waals surface area contributed by atoms with Crippen LogP contribution in [0.3, 0.4) is 0 Å². The van der Waals surface area contributed by atoms with E-state index in [1.54, 1.807) is 0 Å². The molecule has 1 aromatic carbocycles. The van der Waals surface area contributed by atoms with E-state index in [2.05, 4.69) is 4.52 Å². The lowest BCUT2D eigenvalue weighted by Gasteiger charge is -2.24. The van der Waals surface area contributed by atoms with Gasteiger partial charge in [-0.1, -0.05) is 6.07 Å². The molecule has 1 aromatic heterocycles. The number of aryl methyl sites for hydroxylation is 1. The Hall–Kier alpha value is -2.20. The highest BCUT2D eigenvalue weighted by molar-refractivity contribution is 7.72. The van der Waals surface area contributed by atoms with Gasteiger partial charge in [-0.05, 0) is 18.1 Å². The minimum absolute atomic E-state index is 0.0200. The number of hydrogen-bond donors (Lipinski definition) is 5. The first-order valence-electron chi connectivity index (χ1n) is 10.2. The molecule has 5 N–H and O–H groups in total. The number of hydrogen-bond acceptors (Lipinski definition) is 8. The quantitative estimate of drug-likeness (QED) is 0.200. The molecule has 0 spiro atoms. The molecule has 1 aliphatic rings. The first-order valence-corrected chi connectivity index (χ1v) is 13.4. The number of rotatable bonds is 9. The third-order valence-corrected chi connectivity index (χ3v) is 8.85. The van der Waals surface area contributed by atoms with Gasteiger partial charge in [0.2, 0.25) is 0 Å². The summed E-state index contributed by atoms with van der Waals surface area (Å²) in [6.45, 7) is -1.76. The summed E-state index contributed by atoms with van der Waals surface area (Å²) in [7, 11) is -12.7. The molecule has 0 aliphatic carbocycles. The molecule has 13 nitrogen and oxygen atoms in total. The fourth-order valence-electron chi connectivity index (χ4n) is 3.40.